The first kappa shape index (κ1) is 27.0. The maximum Gasteiger partial charge on any atom is 0.448 e. The molecule has 0 fully saturated rings. The van der Waals surface area contributed by atoms with Gasteiger partial charge in [0.15, 0.2) is 11.6 Å². The van der Waals surface area contributed by atoms with Gasteiger partial charge >= 0.3 is 6.18 Å². The quantitative estimate of drug-likeness (QED) is 0.0979. The van der Waals surface area contributed by atoms with Gasteiger partial charge in [-0.2, -0.15) is 13.2 Å². The minimum absolute atomic E-state index is 0.0388. The number of fused-ring (bicyclic) bond motifs is 1. The van der Waals surface area contributed by atoms with Crippen molar-refractivity contribution in [1.29, 1.82) is 0 Å². The van der Waals surface area contributed by atoms with Gasteiger partial charge in [0.2, 0.25) is 0 Å². The topological polar surface area (TPSA) is 114 Å². The van der Waals surface area contributed by atoms with E-state index in [1.165, 1.54) is 0 Å². The predicted octanol–water partition coefficient (Wildman–Crippen LogP) is 5.68. The molecule has 0 radical (unpaired) electrons. The van der Waals surface area contributed by atoms with Gasteiger partial charge in [-0.15, -0.1) is 0 Å². The maximum atomic E-state index is 12.1. The number of amidine groups is 1. The number of hydrazine groups is 1. The highest BCUT2D eigenvalue weighted by atomic mass is 19.4. The highest BCUT2D eigenvalue weighted by molar-refractivity contribution is 6.01. The number of aliphatic hydroxyl groups is 1. The lowest BCUT2D eigenvalue weighted by atomic mass is 10.1. The normalized spacial score (nSPS) is 12.9. The molecule has 0 bridgehead atoms. The first-order chi connectivity index (χ1) is 18.7. The van der Waals surface area contributed by atoms with Crippen molar-refractivity contribution in [2.75, 3.05) is 12.0 Å². The Hall–Kier alpha value is -5.06. The number of aromatic nitrogens is 2. The molecule has 0 saturated carbocycles. The molecule has 11 heteroatoms. The van der Waals surface area contributed by atoms with Crippen molar-refractivity contribution in [3.8, 4) is 11.3 Å². The van der Waals surface area contributed by atoms with Crippen molar-refractivity contribution < 1.29 is 23.1 Å². The molecule has 0 spiro atoms. The second-order valence-corrected chi connectivity index (χ2v) is 8.37. The van der Waals surface area contributed by atoms with Crippen LogP contribution in [0.15, 0.2) is 102 Å². The molecule has 1 aliphatic rings. The van der Waals surface area contributed by atoms with Crippen LogP contribution in [0.2, 0.25) is 0 Å². The van der Waals surface area contributed by atoms with Gasteiger partial charge < -0.3 is 15.4 Å². The number of alkyl halides is 3. The second kappa shape index (κ2) is 12.0. The van der Waals surface area contributed by atoms with E-state index in [0.717, 1.165) is 34.7 Å². The Morgan fingerprint density at radius 2 is 1.69 bits per heavy atom. The number of aromatic amines is 1. The summed E-state index contributed by atoms with van der Waals surface area (Å²) in [6.45, 7) is 2.91. The molecule has 0 aliphatic carbocycles. The van der Waals surface area contributed by atoms with Crippen LogP contribution in [-0.2, 0) is 6.42 Å². The van der Waals surface area contributed by atoms with Gasteiger partial charge in [0.1, 0.15) is 5.69 Å². The fraction of sp³-hybridized carbons (Fsp3) is 0.107. The Balaban J connectivity index is 0.000000448. The van der Waals surface area contributed by atoms with E-state index in [1.54, 1.807) is 6.20 Å². The van der Waals surface area contributed by atoms with Gasteiger partial charge in [0.05, 0.1) is 16.9 Å². The Bertz CT molecular complexity index is 1470. The molecular formula is C28H25F3N6O2. The number of halogens is 3. The first-order valence-electron chi connectivity index (χ1n) is 11.8. The number of aliphatic hydroxyl groups excluding tert-OH is 1. The number of para-hydroxylation sites is 2. The molecule has 2 aromatic heterocycles. The minimum Gasteiger partial charge on any atom is -0.505 e. The number of nitrogens with one attached hydrogen (secondary N) is 4. The van der Waals surface area contributed by atoms with E-state index in [2.05, 4.69) is 32.7 Å². The molecule has 0 saturated heterocycles. The fourth-order valence-electron chi connectivity index (χ4n) is 3.61. The van der Waals surface area contributed by atoms with E-state index in [0.29, 0.717) is 23.6 Å². The predicted molar refractivity (Wildman–Crippen MR) is 144 cm³/mol. The van der Waals surface area contributed by atoms with Crippen molar-refractivity contribution in [3.63, 3.8) is 0 Å². The molecule has 5 N–H and O–H groups in total. The third-order valence-electron chi connectivity index (χ3n) is 5.54. The van der Waals surface area contributed by atoms with Gasteiger partial charge in [-0.3, -0.25) is 20.6 Å². The zero-order valence-electron chi connectivity index (χ0n) is 20.6. The number of hydrogen-bond acceptors (Lipinski definition) is 5. The van der Waals surface area contributed by atoms with E-state index in [4.69, 9.17) is 10.1 Å². The average Bonchev–Trinajstić information content (AvgIpc) is 3.38. The highest BCUT2D eigenvalue weighted by Gasteiger charge is 2.31. The van der Waals surface area contributed by atoms with Crippen LogP contribution < -0.4 is 16.2 Å². The number of carbonyl (C=O) groups is 1. The molecule has 0 unspecified atom stereocenters. The molecule has 200 valence electrons. The molecule has 4 aromatic rings. The molecule has 5 rings (SSSR count). The van der Waals surface area contributed by atoms with E-state index in [9.17, 15) is 18.0 Å². The summed E-state index contributed by atoms with van der Waals surface area (Å²) in [6, 6.07) is 25.3. The van der Waals surface area contributed by atoms with E-state index >= 15 is 0 Å². The number of allylic oxidation sites excluding steroid dienone is 1. The smallest absolute Gasteiger partial charge is 0.448 e. The lowest BCUT2D eigenvalue weighted by Crippen LogP contribution is -2.31. The molecule has 39 heavy (non-hydrogen) atoms. The minimum atomic E-state index is -4.64. The monoisotopic (exact) mass is 534 g/mol. The van der Waals surface area contributed by atoms with Crippen molar-refractivity contribution in [3.05, 3.63) is 114 Å². The molecular weight excluding hydrogens is 509 g/mol. The number of aliphatic imine (C=N–C) groups is 1. The van der Waals surface area contributed by atoms with E-state index in [1.807, 2.05) is 78.9 Å². The van der Waals surface area contributed by atoms with Crippen molar-refractivity contribution in [2.24, 2.45) is 4.99 Å². The molecule has 3 heterocycles. The van der Waals surface area contributed by atoms with Gasteiger partial charge in [-0.25, -0.2) is 4.99 Å². The van der Waals surface area contributed by atoms with Crippen LogP contribution >= 0.6 is 0 Å². The number of H-pyrrole nitrogens is 1. The number of amides is 1. The van der Waals surface area contributed by atoms with Crippen LogP contribution in [0.5, 0.6) is 0 Å². The summed E-state index contributed by atoms with van der Waals surface area (Å²) in [5.74, 6) is -1.22. The summed E-state index contributed by atoms with van der Waals surface area (Å²) < 4.78 is 32.5. The van der Waals surface area contributed by atoms with Crippen LogP contribution in [0.1, 0.15) is 21.7 Å². The summed E-state index contributed by atoms with van der Waals surface area (Å²) >= 11 is 0. The summed E-state index contributed by atoms with van der Waals surface area (Å²) in [5, 5.41) is 10.5. The maximum absolute atomic E-state index is 12.1. The van der Waals surface area contributed by atoms with Gasteiger partial charge in [-0.05, 0) is 42.5 Å². The summed E-state index contributed by atoms with van der Waals surface area (Å²) in [5.41, 5.74) is 12.3. The average molecular weight is 535 g/mol. The van der Waals surface area contributed by atoms with Gasteiger partial charge in [-0.1, -0.05) is 43.0 Å². The number of benzene rings is 2. The Kier molecular flexibility index (Phi) is 8.30. The second-order valence-electron chi connectivity index (χ2n) is 8.37. The van der Waals surface area contributed by atoms with Crippen molar-refractivity contribution >= 4 is 23.1 Å². The fourth-order valence-corrected chi connectivity index (χ4v) is 3.61. The van der Waals surface area contributed by atoms with Crippen molar-refractivity contribution in [1.82, 2.24) is 20.7 Å². The number of carbonyl (C=O) groups excluding carboxylic acids is 1. The molecule has 8 nitrogen and oxygen atoms in total. The lowest BCUT2D eigenvalue weighted by Gasteiger charge is -2.13. The Labute approximate surface area is 222 Å². The summed E-state index contributed by atoms with van der Waals surface area (Å²) in [6.07, 6.45) is -2.10. The zero-order valence-corrected chi connectivity index (χ0v) is 20.6. The van der Waals surface area contributed by atoms with Crippen LogP contribution in [0.3, 0.4) is 0 Å². The number of nitrogens with zero attached hydrogens (tertiary/aromatic N) is 2. The van der Waals surface area contributed by atoms with Gasteiger partial charge in [0, 0.05) is 36.1 Å². The molecule has 1 amide bonds. The third kappa shape index (κ3) is 7.25. The SMILES string of the molecule is C=C(O)C(F)(F)F.O=C1NCCc2[nH]c(-c3ccnc(C(=Nc4ccccc4)NNc4ccccc4)c3)cc21. The van der Waals surface area contributed by atoms with Gasteiger partial charge in [0.25, 0.3) is 5.91 Å². The van der Waals surface area contributed by atoms with E-state index < -0.39 is 11.9 Å². The number of pyridine rings is 1. The van der Waals surface area contributed by atoms with Crippen molar-refractivity contribution in [2.45, 2.75) is 12.6 Å². The van der Waals surface area contributed by atoms with Crippen LogP contribution in [0.25, 0.3) is 11.3 Å². The van der Waals surface area contributed by atoms with Crippen LogP contribution in [0.4, 0.5) is 24.5 Å². The lowest BCUT2D eigenvalue weighted by molar-refractivity contribution is -0.119. The number of rotatable bonds is 5. The molecule has 2 aromatic carbocycles. The Morgan fingerprint density at radius 3 is 2.33 bits per heavy atom. The summed E-state index contributed by atoms with van der Waals surface area (Å²) in [4.78, 5) is 24.8. The number of hydrogen-bond donors (Lipinski definition) is 5. The standard InChI is InChI=1S/C25H22N6O.C3H3F3O/c32-25-20-16-22(29-21(20)12-14-27-25)17-11-13-26-23(15-17)24(28-18-7-3-1-4-8-18)31-30-19-9-5-2-6-10-19;1-2(7)3(4,5)6/h1-11,13,15-16,29-30H,12,14H2,(H,27,32)(H,28,31);7H,1H2. The largest absolute Gasteiger partial charge is 0.505 e. The highest BCUT2D eigenvalue weighted by Crippen LogP contribution is 2.25. The van der Waals surface area contributed by atoms with Crippen LogP contribution in [0, 0.1) is 0 Å². The number of anilines is 1. The van der Waals surface area contributed by atoms with E-state index in [-0.39, 0.29) is 5.91 Å². The summed E-state index contributed by atoms with van der Waals surface area (Å²) in [7, 11) is 0. The molecule has 1 aliphatic heterocycles. The molecule has 0 atom stereocenters. The zero-order chi connectivity index (χ0) is 27.8. The Morgan fingerprint density at radius 1 is 1.03 bits per heavy atom. The van der Waals surface area contributed by atoms with Crippen LogP contribution in [-0.4, -0.2) is 39.5 Å². The third-order valence-corrected chi connectivity index (χ3v) is 5.54. The first-order valence-corrected chi connectivity index (χ1v) is 11.8.